The van der Waals surface area contributed by atoms with Crippen LogP contribution in [-0.4, -0.2) is 36.4 Å². The van der Waals surface area contributed by atoms with Crippen molar-refractivity contribution in [3.8, 4) is 0 Å². The lowest BCUT2D eigenvalue weighted by Crippen LogP contribution is -2.28. The van der Waals surface area contributed by atoms with E-state index in [9.17, 15) is 14.7 Å². The highest BCUT2D eigenvalue weighted by atomic mass is 16.6. The summed E-state index contributed by atoms with van der Waals surface area (Å²) >= 11 is 0. The van der Waals surface area contributed by atoms with Crippen LogP contribution in [0, 0.1) is 0 Å². The van der Waals surface area contributed by atoms with Crippen LogP contribution in [0.4, 0.5) is 0 Å². The van der Waals surface area contributed by atoms with E-state index < -0.39 is 6.10 Å². The summed E-state index contributed by atoms with van der Waals surface area (Å²) in [7, 11) is 0. The van der Waals surface area contributed by atoms with E-state index in [0.29, 0.717) is 12.8 Å². The molecule has 390 valence electrons. The number of esters is 2. The smallest absolute Gasteiger partial charge is 0.306 e. The lowest BCUT2D eigenvalue weighted by atomic mass is 10.0. The van der Waals surface area contributed by atoms with E-state index in [1.807, 2.05) is 0 Å². The van der Waals surface area contributed by atoms with Crippen molar-refractivity contribution in [1.82, 2.24) is 0 Å². The standard InChI is InChI=1S/C63H108O5/c1-3-5-7-9-11-13-15-17-19-21-23-24-25-26-27-28-29-30-31-32-33-34-35-36-37-38-40-42-44-46-48-50-52-54-56-58-63(66)68-61(59-64)60-67-62(65)57-55-53-51-49-47-45-43-41-39-22-20-18-16-14-12-10-8-6-4-2/h5,7,11,13,17-20,23-24,26-27,29-30,32-33,61,64H,3-4,6,8-10,12,14-16,21-22,25,28,31,34-60H2,1-2H3/b7-5-,13-11-,19-17-,20-18-,24-23-,27-26-,30-29-,33-32-. The second-order valence-corrected chi connectivity index (χ2v) is 19.0. The molecule has 0 spiro atoms. The number of unbranched alkanes of at least 4 members (excludes halogenated alkanes) is 28. The number of ether oxygens (including phenoxy) is 2. The Morgan fingerprint density at radius 2 is 0.632 bits per heavy atom. The van der Waals surface area contributed by atoms with Crippen LogP contribution in [0.3, 0.4) is 0 Å². The highest BCUT2D eigenvalue weighted by molar-refractivity contribution is 5.70. The quantitative estimate of drug-likeness (QED) is 0.0374. The molecule has 68 heavy (non-hydrogen) atoms. The van der Waals surface area contributed by atoms with Gasteiger partial charge in [-0.3, -0.25) is 9.59 Å². The van der Waals surface area contributed by atoms with Crippen LogP contribution in [0.25, 0.3) is 0 Å². The Kier molecular flexibility index (Phi) is 55.4. The topological polar surface area (TPSA) is 72.8 Å². The van der Waals surface area contributed by atoms with Gasteiger partial charge >= 0.3 is 11.9 Å². The second-order valence-electron chi connectivity index (χ2n) is 19.0. The Balaban J connectivity index is 3.51. The predicted octanol–water partition coefficient (Wildman–Crippen LogP) is 19.5. The molecule has 0 fully saturated rings. The Morgan fingerprint density at radius 3 is 0.971 bits per heavy atom. The van der Waals surface area contributed by atoms with Crippen molar-refractivity contribution in [3.63, 3.8) is 0 Å². The molecule has 1 unspecified atom stereocenters. The number of allylic oxidation sites excluding steroid dienone is 16. The van der Waals surface area contributed by atoms with E-state index in [-0.39, 0.29) is 25.2 Å². The monoisotopic (exact) mass is 945 g/mol. The molecule has 0 saturated heterocycles. The number of carbonyl (C=O) groups excluding carboxylic acids is 2. The van der Waals surface area contributed by atoms with Gasteiger partial charge in [0.05, 0.1) is 6.61 Å². The zero-order chi connectivity index (χ0) is 49.2. The molecule has 5 nitrogen and oxygen atoms in total. The third kappa shape index (κ3) is 55.4. The summed E-state index contributed by atoms with van der Waals surface area (Å²) in [4.78, 5) is 24.5. The largest absolute Gasteiger partial charge is 0.462 e. The fourth-order valence-corrected chi connectivity index (χ4v) is 8.06. The highest BCUT2D eigenvalue weighted by Gasteiger charge is 2.16. The second kappa shape index (κ2) is 58.1. The summed E-state index contributed by atoms with van der Waals surface area (Å²) in [6.45, 7) is 4.04. The molecule has 5 heteroatoms. The number of aliphatic hydroxyl groups excluding tert-OH is 1. The molecule has 1 atom stereocenters. The van der Waals surface area contributed by atoms with Gasteiger partial charge in [-0.1, -0.05) is 259 Å². The summed E-state index contributed by atoms with van der Waals surface area (Å²) in [5.74, 6) is -0.590. The summed E-state index contributed by atoms with van der Waals surface area (Å²) in [6.07, 6.45) is 82.4. The minimum Gasteiger partial charge on any atom is -0.462 e. The van der Waals surface area contributed by atoms with Crippen LogP contribution < -0.4 is 0 Å². The van der Waals surface area contributed by atoms with Crippen molar-refractivity contribution < 1.29 is 24.2 Å². The first-order chi connectivity index (χ1) is 33.6. The third-order valence-corrected chi connectivity index (χ3v) is 12.4. The van der Waals surface area contributed by atoms with Gasteiger partial charge in [0.1, 0.15) is 6.61 Å². The van der Waals surface area contributed by atoms with Crippen LogP contribution in [0.2, 0.25) is 0 Å². The molecular weight excluding hydrogens is 837 g/mol. The molecule has 0 aliphatic rings. The molecule has 0 aliphatic heterocycles. The maximum absolute atomic E-state index is 12.3. The minimum atomic E-state index is -0.778. The van der Waals surface area contributed by atoms with E-state index in [1.165, 1.54) is 161 Å². The van der Waals surface area contributed by atoms with Crippen molar-refractivity contribution in [1.29, 1.82) is 0 Å². The summed E-state index contributed by atoms with van der Waals surface area (Å²) < 4.78 is 10.7. The first kappa shape index (κ1) is 64.8. The molecule has 0 rings (SSSR count). The van der Waals surface area contributed by atoms with E-state index >= 15 is 0 Å². The minimum absolute atomic E-state index is 0.0690. The molecule has 0 heterocycles. The van der Waals surface area contributed by atoms with Gasteiger partial charge in [0.25, 0.3) is 0 Å². The SMILES string of the molecule is CC/C=C\C/C=C\C/C=C\C/C=C\C/C=C\C/C=C\C/C=C\CCCCCCCCCCCCCCCC(=O)OC(CO)COC(=O)CCCCCCCCCCC/C=C\CCCCCCCC. The third-order valence-electron chi connectivity index (χ3n) is 12.4. The number of rotatable bonds is 52. The zero-order valence-corrected chi connectivity index (χ0v) is 44.6. The van der Waals surface area contributed by atoms with Crippen LogP contribution in [0.15, 0.2) is 97.2 Å². The normalized spacial score (nSPS) is 12.9. The first-order valence-corrected chi connectivity index (χ1v) is 28.8. The number of hydrogen-bond acceptors (Lipinski definition) is 5. The van der Waals surface area contributed by atoms with Gasteiger partial charge in [0.15, 0.2) is 6.10 Å². The van der Waals surface area contributed by atoms with Gasteiger partial charge in [-0.15, -0.1) is 0 Å². The fourth-order valence-electron chi connectivity index (χ4n) is 8.06. The van der Waals surface area contributed by atoms with Gasteiger partial charge in [0.2, 0.25) is 0 Å². The summed E-state index contributed by atoms with van der Waals surface area (Å²) in [6, 6.07) is 0. The number of aliphatic hydroxyl groups is 1. The molecule has 0 saturated carbocycles. The van der Waals surface area contributed by atoms with Gasteiger partial charge in [0, 0.05) is 12.8 Å². The van der Waals surface area contributed by atoms with E-state index in [4.69, 9.17) is 9.47 Å². The summed E-state index contributed by atoms with van der Waals surface area (Å²) in [5, 5.41) is 9.65. The fraction of sp³-hybridized carbons (Fsp3) is 0.714. The lowest BCUT2D eigenvalue weighted by Gasteiger charge is -2.15. The van der Waals surface area contributed by atoms with Crippen LogP contribution >= 0.6 is 0 Å². The van der Waals surface area contributed by atoms with E-state index in [0.717, 1.165) is 83.5 Å². The lowest BCUT2D eigenvalue weighted by molar-refractivity contribution is -0.161. The number of carbonyl (C=O) groups is 2. The van der Waals surface area contributed by atoms with E-state index in [1.54, 1.807) is 0 Å². The molecule has 0 aromatic rings. The molecule has 1 N–H and O–H groups in total. The average Bonchev–Trinajstić information content (AvgIpc) is 3.34. The van der Waals surface area contributed by atoms with Crippen molar-refractivity contribution >= 4 is 11.9 Å². The highest BCUT2D eigenvalue weighted by Crippen LogP contribution is 2.16. The molecular formula is C63H108O5. The van der Waals surface area contributed by atoms with Crippen molar-refractivity contribution in [2.75, 3.05) is 13.2 Å². The maximum atomic E-state index is 12.3. The predicted molar refractivity (Wildman–Crippen MR) is 297 cm³/mol. The van der Waals surface area contributed by atoms with Gasteiger partial charge in [-0.25, -0.2) is 0 Å². The van der Waals surface area contributed by atoms with E-state index in [2.05, 4.69) is 111 Å². The van der Waals surface area contributed by atoms with Crippen molar-refractivity contribution in [3.05, 3.63) is 97.2 Å². The van der Waals surface area contributed by atoms with Crippen LogP contribution in [-0.2, 0) is 19.1 Å². The maximum Gasteiger partial charge on any atom is 0.306 e. The first-order valence-electron chi connectivity index (χ1n) is 28.8. The average molecular weight is 946 g/mol. The Morgan fingerprint density at radius 1 is 0.353 bits per heavy atom. The van der Waals surface area contributed by atoms with Crippen LogP contribution in [0.5, 0.6) is 0 Å². The Hall–Kier alpha value is -3.18. The number of hydrogen-bond donors (Lipinski definition) is 1. The van der Waals surface area contributed by atoms with Crippen molar-refractivity contribution in [2.45, 2.75) is 277 Å². The molecule has 0 aromatic carbocycles. The van der Waals surface area contributed by atoms with Crippen molar-refractivity contribution in [2.24, 2.45) is 0 Å². The van der Waals surface area contributed by atoms with Gasteiger partial charge in [-0.2, -0.15) is 0 Å². The Labute approximate surface area is 421 Å². The molecule has 0 amide bonds. The molecule has 0 bridgehead atoms. The Bertz CT molecular complexity index is 1300. The molecule has 0 aromatic heterocycles. The zero-order valence-electron chi connectivity index (χ0n) is 44.6. The van der Waals surface area contributed by atoms with Gasteiger partial charge < -0.3 is 14.6 Å². The summed E-state index contributed by atoms with van der Waals surface area (Å²) in [5.41, 5.74) is 0. The molecule has 0 radical (unpaired) electrons. The van der Waals surface area contributed by atoms with Gasteiger partial charge in [-0.05, 0) is 96.3 Å². The van der Waals surface area contributed by atoms with Crippen LogP contribution in [0.1, 0.15) is 271 Å². The molecule has 0 aliphatic carbocycles.